The van der Waals surface area contributed by atoms with Crippen LogP contribution in [0.3, 0.4) is 0 Å². The summed E-state index contributed by atoms with van der Waals surface area (Å²) >= 11 is 0. The number of likely N-dealkylation sites (tertiary alicyclic amines) is 1. The predicted molar refractivity (Wildman–Crippen MR) is 117 cm³/mol. The molecule has 0 aliphatic carbocycles. The molecule has 2 fully saturated rings. The molecule has 2 aliphatic heterocycles. The first-order valence-electron chi connectivity index (χ1n) is 10.8. The first kappa shape index (κ1) is 19.8. The zero-order chi connectivity index (χ0) is 21.2. The van der Waals surface area contributed by atoms with Gasteiger partial charge >= 0.3 is 0 Å². The lowest BCUT2D eigenvalue weighted by molar-refractivity contribution is -0.132. The lowest BCUT2D eigenvalue weighted by atomic mass is 9.81. The van der Waals surface area contributed by atoms with Crippen molar-refractivity contribution in [2.75, 3.05) is 19.6 Å². The third-order valence-corrected chi connectivity index (χ3v) is 6.57. The van der Waals surface area contributed by atoms with Crippen LogP contribution < -0.4 is 16.4 Å². The molecule has 5 rings (SSSR count). The maximum absolute atomic E-state index is 13.2. The Morgan fingerprint density at radius 3 is 2.77 bits per heavy atom. The standard InChI is InChI=1S/C23H26N6O2/c30-21(12-20-17-5-1-2-6-18(17)23(31)28-26-20)29-11-3-4-16(14-29)22-19(13-25-27-22)15-7-9-24-10-8-15/h1-2,5-10,16,19,22,25,27H,3-4,11-14H2,(H,28,31). The Bertz CT molecular complexity index is 1130. The molecule has 8 heteroatoms. The van der Waals surface area contributed by atoms with Gasteiger partial charge in [0.05, 0.1) is 17.5 Å². The number of aromatic nitrogens is 3. The van der Waals surface area contributed by atoms with Gasteiger partial charge in [0, 0.05) is 49.4 Å². The van der Waals surface area contributed by atoms with Gasteiger partial charge in [-0.1, -0.05) is 18.2 Å². The minimum absolute atomic E-state index is 0.0563. The molecule has 2 aliphatic rings. The van der Waals surface area contributed by atoms with Gasteiger partial charge in [0.1, 0.15) is 0 Å². The molecule has 1 amide bonds. The van der Waals surface area contributed by atoms with Gasteiger partial charge in [-0.3, -0.25) is 25.4 Å². The molecule has 3 atom stereocenters. The summed E-state index contributed by atoms with van der Waals surface area (Å²) in [6, 6.07) is 11.7. The molecule has 3 unspecified atom stereocenters. The van der Waals surface area contributed by atoms with E-state index >= 15 is 0 Å². The number of nitrogens with zero attached hydrogens (tertiary/aromatic N) is 3. The first-order valence-corrected chi connectivity index (χ1v) is 10.8. The average molecular weight is 419 g/mol. The number of piperidine rings is 1. The number of carbonyl (C=O) groups excluding carboxylic acids is 1. The lowest BCUT2D eigenvalue weighted by Crippen LogP contribution is -2.48. The molecule has 3 aromatic rings. The largest absolute Gasteiger partial charge is 0.342 e. The number of fused-ring (bicyclic) bond motifs is 1. The topological polar surface area (TPSA) is 103 Å². The van der Waals surface area contributed by atoms with E-state index < -0.39 is 0 Å². The van der Waals surface area contributed by atoms with Crippen LogP contribution >= 0.6 is 0 Å². The predicted octanol–water partition coefficient (Wildman–Crippen LogP) is 1.36. The molecule has 160 valence electrons. The smallest absolute Gasteiger partial charge is 0.272 e. The Hall–Kier alpha value is -3.10. The Morgan fingerprint density at radius 2 is 1.94 bits per heavy atom. The zero-order valence-electron chi connectivity index (χ0n) is 17.3. The number of rotatable bonds is 4. The van der Waals surface area contributed by atoms with E-state index in [0.717, 1.165) is 37.9 Å². The van der Waals surface area contributed by atoms with Crippen molar-refractivity contribution >= 4 is 16.7 Å². The lowest BCUT2D eigenvalue weighted by Gasteiger charge is -2.37. The highest BCUT2D eigenvalue weighted by atomic mass is 16.2. The van der Waals surface area contributed by atoms with Gasteiger partial charge in [-0.05, 0) is 42.5 Å². The van der Waals surface area contributed by atoms with Crippen molar-refractivity contribution in [2.45, 2.75) is 31.2 Å². The fraction of sp³-hybridized carbons (Fsp3) is 0.391. The second-order valence-corrected chi connectivity index (χ2v) is 8.40. The summed E-state index contributed by atoms with van der Waals surface area (Å²) in [6.07, 6.45) is 5.93. The number of benzene rings is 1. The summed E-state index contributed by atoms with van der Waals surface area (Å²) in [5.74, 6) is 0.778. The van der Waals surface area contributed by atoms with Crippen LogP contribution in [0.4, 0.5) is 0 Å². The number of nitrogens with one attached hydrogen (secondary N) is 3. The molecule has 0 saturated carbocycles. The van der Waals surface area contributed by atoms with Gasteiger partial charge in [0.15, 0.2) is 0 Å². The Morgan fingerprint density at radius 1 is 1.13 bits per heavy atom. The third kappa shape index (κ3) is 3.96. The van der Waals surface area contributed by atoms with Crippen molar-refractivity contribution < 1.29 is 4.79 Å². The molecule has 0 radical (unpaired) electrons. The van der Waals surface area contributed by atoms with Gasteiger partial charge in [-0.25, -0.2) is 5.10 Å². The van der Waals surface area contributed by atoms with E-state index in [1.54, 1.807) is 6.07 Å². The van der Waals surface area contributed by atoms with E-state index in [-0.39, 0.29) is 23.9 Å². The van der Waals surface area contributed by atoms with E-state index in [2.05, 4.69) is 38.2 Å². The van der Waals surface area contributed by atoms with E-state index in [1.807, 2.05) is 35.5 Å². The Kier molecular flexibility index (Phi) is 5.48. The molecule has 2 aromatic heterocycles. The van der Waals surface area contributed by atoms with Crippen molar-refractivity contribution in [3.63, 3.8) is 0 Å². The Labute approximate surface area is 180 Å². The van der Waals surface area contributed by atoms with Crippen LogP contribution in [-0.2, 0) is 11.2 Å². The highest BCUT2D eigenvalue weighted by Gasteiger charge is 2.37. The number of aromatic amines is 1. The van der Waals surface area contributed by atoms with Crippen molar-refractivity contribution in [2.24, 2.45) is 5.92 Å². The number of hydrogen-bond donors (Lipinski definition) is 3. The van der Waals surface area contributed by atoms with E-state index in [4.69, 9.17) is 0 Å². The fourth-order valence-corrected chi connectivity index (χ4v) is 4.99. The minimum atomic E-state index is -0.230. The highest BCUT2D eigenvalue weighted by Crippen LogP contribution is 2.31. The van der Waals surface area contributed by atoms with Crippen molar-refractivity contribution in [1.82, 2.24) is 30.9 Å². The monoisotopic (exact) mass is 418 g/mol. The normalized spacial score (nSPS) is 23.9. The molecular weight excluding hydrogens is 392 g/mol. The van der Waals surface area contributed by atoms with Gasteiger partial charge in [0.2, 0.25) is 5.91 Å². The molecular formula is C23H26N6O2. The Balaban J connectivity index is 1.31. The van der Waals surface area contributed by atoms with Crippen molar-refractivity contribution in [3.05, 3.63) is 70.4 Å². The molecule has 2 saturated heterocycles. The molecule has 1 aromatic carbocycles. The van der Waals surface area contributed by atoms with Gasteiger partial charge in [0.25, 0.3) is 5.56 Å². The maximum atomic E-state index is 13.2. The van der Waals surface area contributed by atoms with Crippen LogP contribution in [0.5, 0.6) is 0 Å². The summed E-state index contributed by atoms with van der Waals surface area (Å²) in [7, 11) is 0. The van der Waals surface area contributed by atoms with E-state index in [1.165, 1.54) is 5.56 Å². The summed E-state index contributed by atoms with van der Waals surface area (Å²) in [5.41, 5.74) is 8.43. The molecule has 0 spiro atoms. The van der Waals surface area contributed by atoms with E-state index in [0.29, 0.717) is 22.9 Å². The summed E-state index contributed by atoms with van der Waals surface area (Å²) in [5, 5.41) is 8.02. The van der Waals surface area contributed by atoms with Gasteiger partial charge < -0.3 is 4.90 Å². The van der Waals surface area contributed by atoms with E-state index in [9.17, 15) is 9.59 Å². The van der Waals surface area contributed by atoms with Crippen LogP contribution in [0.2, 0.25) is 0 Å². The number of H-pyrrole nitrogens is 1. The molecule has 8 nitrogen and oxygen atoms in total. The van der Waals surface area contributed by atoms with Gasteiger partial charge in [-0.15, -0.1) is 0 Å². The molecule has 4 heterocycles. The van der Waals surface area contributed by atoms with Gasteiger partial charge in [-0.2, -0.15) is 5.10 Å². The second-order valence-electron chi connectivity index (χ2n) is 8.40. The van der Waals surface area contributed by atoms with Crippen LogP contribution in [0.25, 0.3) is 10.8 Å². The van der Waals surface area contributed by atoms with Crippen LogP contribution in [0.1, 0.15) is 30.0 Å². The number of hydrazine groups is 1. The van der Waals surface area contributed by atoms with Crippen LogP contribution in [0, 0.1) is 5.92 Å². The minimum Gasteiger partial charge on any atom is -0.342 e. The number of pyridine rings is 1. The number of carbonyl (C=O) groups is 1. The number of hydrogen-bond acceptors (Lipinski definition) is 6. The SMILES string of the molecule is O=C(Cc1n[nH]c(=O)c2ccccc12)N1CCCC(C2NNCC2c2ccncc2)C1. The second kappa shape index (κ2) is 8.56. The molecule has 31 heavy (non-hydrogen) atoms. The summed E-state index contributed by atoms with van der Waals surface area (Å²) < 4.78 is 0. The summed E-state index contributed by atoms with van der Waals surface area (Å²) in [4.78, 5) is 31.3. The third-order valence-electron chi connectivity index (χ3n) is 6.57. The first-order chi connectivity index (χ1) is 15.2. The van der Waals surface area contributed by atoms with Crippen molar-refractivity contribution in [3.8, 4) is 0 Å². The average Bonchev–Trinajstić information content (AvgIpc) is 3.32. The number of amides is 1. The quantitative estimate of drug-likeness (QED) is 0.591. The van der Waals surface area contributed by atoms with Crippen LogP contribution in [-0.4, -0.2) is 51.7 Å². The molecule has 0 bridgehead atoms. The highest BCUT2D eigenvalue weighted by molar-refractivity contribution is 5.88. The summed E-state index contributed by atoms with van der Waals surface area (Å²) in [6.45, 7) is 2.35. The van der Waals surface area contributed by atoms with Crippen molar-refractivity contribution in [1.29, 1.82) is 0 Å². The molecule has 3 N–H and O–H groups in total. The zero-order valence-corrected chi connectivity index (χ0v) is 17.3. The fourth-order valence-electron chi connectivity index (χ4n) is 4.99. The maximum Gasteiger partial charge on any atom is 0.272 e. The van der Waals surface area contributed by atoms with Crippen LogP contribution in [0.15, 0.2) is 53.6 Å².